The molecule has 0 saturated carbocycles. The topological polar surface area (TPSA) is 65.1 Å². The maximum atomic E-state index is 12.7. The Labute approximate surface area is 154 Å². The molecule has 0 radical (unpaired) electrons. The number of aromatic nitrogens is 3. The van der Waals surface area contributed by atoms with Crippen LogP contribution in [0.25, 0.3) is 0 Å². The van der Waals surface area contributed by atoms with E-state index >= 15 is 0 Å². The fraction of sp³-hybridized carbons (Fsp3) is 0.438. The zero-order valence-corrected chi connectivity index (χ0v) is 15.9. The van der Waals surface area contributed by atoms with Crippen LogP contribution in [-0.4, -0.2) is 52.2 Å². The fourth-order valence-corrected chi connectivity index (χ4v) is 3.79. The summed E-state index contributed by atoms with van der Waals surface area (Å²) in [4.78, 5) is 21.0. The summed E-state index contributed by atoms with van der Waals surface area (Å²) in [5.41, 5.74) is 1.39. The van der Waals surface area contributed by atoms with E-state index in [1.165, 1.54) is 0 Å². The van der Waals surface area contributed by atoms with E-state index in [-0.39, 0.29) is 11.8 Å². The van der Waals surface area contributed by atoms with Crippen LogP contribution in [0.4, 0.5) is 5.82 Å². The normalized spacial score (nSPS) is 15.2. The second-order valence-electron chi connectivity index (χ2n) is 6.04. The minimum Gasteiger partial charge on any atom is -0.352 e. The molecule has 6 nitrogen and oxygen atoms in total. The summed E-state index contributed by atoms with van der Waals surface area (Å²) in [6, 6.07) is 3.64. The largest absolute Gasteiger partial charge is 0.352 e. The summed E-state index contributed by atoms with van der Waals surface area (Å²) < 4.78 is 0.762. The number of pyridine rings is 1. The first-order chi connectivity index (χ1) is 11.5. The standard InChI is InChI=1S/C16H19BrClN5O/c1-10(2)13-12(17)14(21-20-13)16(24)23-8-6-22(7-9-23)15-11(18)4-3-5-19-15/h3-5,10H,6-9H2,1-2H3,(H,20,21). The van der Waals surface area contributed by atoms with Crippen molar-refractivity contribution in [2.45, 2.75) is 19.8 Å². The lowest BCUT2D eigenvalue weighted by Gasteiger charge is -2.35. The van der Waals surface area contributed by atoms with Crippen molar-refractivity contribution in [3.63, 3.8) is 0 Å². The lowest BCUT2D eigenvalue weighted by atomic mass is 10.1. The fourth-order valence-electron chi connectivity index (χ4n) is 2.75. The van der Waals surface area contributed by atoms with Crippen LogP contribution in [0, 0.1) is 0 Å². The number of piperazine rings is 1. The highest BCUT2D eigenvalue weighted by Crippen LogP contribution is 2.27. The molecule has 1 amide bonds. The third kappa shape index (κ3) is 3.28. The quantitative estimate of drug-likeness (QED) is 0.840. The molecule has 1 aliphatic heterocycles. The molecule has 1 fully saturated rings. The summed E-state index contributed by atoms with van der Waals surface area (Å²) in [6.45, 7) is 6.73. The van der Waals surface area contributed by atoms with Crippen LogP contribution >= 0.6 is 27.5 Å². The predicted molar refractivity (Wildman–Crippen MR) is 97.7 cm³/mol. The average Bonchev–Trinajstić information content (AvgIpc) is 2.96. The van der Waals surface area contributed by atoms with Crippen LogP contribution in [0.5, 0.6) is 0 Å². The second kappa shape index (κ2) is 7.11. The SMILES string of the molecule is CC(C)c1[nH]nc(C(=O)N2CCN(c3ncccc3Cl)CC2)c1Br. The number of halogens is 2. The van der Waals surface area contributed by atoms with E-state index in [2.05, 4.69) is 49.9 Å². The summed E-state index contributed by atoms with van der Waals surface area (Å²) in [5, 5.41) is 7.78. The number of aromatic amines is 1. The molecule has 0 aliphatic carbocycles. The van der Waals surface area contributed by atoms with Crippen LogP contribution < -0.4 is 4.90 Å². The lowest BCUT2D eigenvalue weighted by Crippen LogP contribution is -2.49. The van der Waals surface area contributed by atoms with Gasteiger partial charge in [0.05, 0.1) is 15.2 Å². The van der Waals surface area contributed by atoms with Gasteiger partial charge in [-0.3, -0.25) is 9.89 Å². The molecule has 0 unspecified atom stereocenters. The van der Waals surface area contributed by atoms with Gasteiger partial charge in [-0.05, 0) is 34.0 Å². The third-order valence-electron chi connectivity index (χ3n) is 4.12. The van der Waals surface area contributed by atoms with Gasteiger partial charge in [0.1, 0.15) is 5.82 Å². The molecule has 2 aromatic rings. The van der Waals surface area contributed by atoms with Crippen molar-refractivity contribution in [3.05, 3.63) is 39.2 Å². The number of hydrogen-bond donors (Lipinski definition) is 1. The molecule has 0 spiro atoms. The molecule has 3 heterocycles. The van der Waals surface area contributed by atoms with Gasteiger partial charge in [0.2, 0.25) is 0 Å². The smallest absolute Gasteiger partial charge is 0.275 e. The Morgan fingerprint density at radius 1 is 1.33 bits per heavy atom. The molecule has 1 saturated heterocycles. The molecule has 2 aromatic heterocycles. The zero-order chi connectivity index (χ0) is 17.3. The number of anilines is 1. The Morgan fingerprint density at radius 2 is 2.04 bits per heavy atom. The molecule has 0 aromatic carbocycles. The van der Waals surface area contributed by atoms with Crippen LogP contribution in [-0.2, 0) is 0 Å². The van der Waals surface area contributed by atoms with Crippen molar-refractivity contribution in [1.82, 2.24) is 20.1 Å². The first-order valence-corrected chi connectivity index (χ1v) is 9.04. The van der Waals surface area contributed by atoms with E-state index in [0.29, 0.717) is 36.9 Å². The van der Waals surface area contributed by atoms with E-state index < -0.39 is 0 Å². The number of rotatable bonds is 3. The molecule has 3 rings (SSSR count). The monoisotopic (exact) mass is 411 g/mol. The Kier molecular flexibility index (Phi) is 5.10. The Balaban J connectivity index is 1.69. The molecular formula is C16H19BrClN5O. The summed E-state index contributed by atoms with van der Waals surface area (Å²) in [5.74, 6) is 0.989. The van der Waals surface area contributed by atoms with E-state index in [1.807, 2.05) is 17.0 Å². The molecule has 8 heteroatoms. The van der Waals surface area contributed by atoms with Gasteiger partial charge in [0, 0.05) is 32.4 Å². The van der Waals surface area contributed by atoms with Crippen molar-refractivity contribution in [1.29, 1.82) is 0 Å². The maximum absolute atomic E-state index is 12.7. The van der Waals surface area contributed by atoms with Crippen LogP contribution in [0.15, 0.2) is 22.8 Å². The highest BCUT2D eigenvalue weighted by atomic mass is 79.9. The van der Waals surface area contributed by atoms with E-state index in [1.54, 1.807) is 6.20 Å². The molecule has 128 valence electrons. The van der Waals surface area contributed by atoms with Gasteiger partial charge in [-0.1, -0.05) is 25.4 Å². The van der Waals surface area contributed by atoms with Gasteiger partial charge in [-0.2, -0.15) is 5.10 Å². The van der Waals surface area contributed by atoms with E-state index in [4.69, 9.17) is 11.6 Å². The first-order valence-electron chi connectivity index (χ1n) is 7.87. The predicted octanol–water partition coefficient (Wildman–Crippen LogP) is 3.31. The molecule has 1 aliphatic rings. The van der Waals surface area contributed by atoms with Gasteiger partial charge >= 0.3 is 0 Å². The highest BCUT2D eigenvalue weighted by molar-refractivity contribution is 9.10. The van der Waals surface area contributed by atoms with Gasteiger partial charge in [0.15, 0.2) is 5.69 Å². The molecule has 0 atom stereocenters. The summed E-state index contributed by atoms with van der Waals surface area (Å²) in [7, 11) is 0. The van der Waals surface area contributed by atoms with Crippen molar-refractivity contribution >= 4 is 39.3 Å². The van der Waals surface area contributed by atoms with Gasteiger partial charge in [-0.25, -0.2) is 4.98 Å². The number of nitrogens with zero attached hydrogens (tertiary/aromatic N) is 4. The number of hydrogen-bond acceptors (Lipinski definition) is 4. The molecular weight excluding hydrogens is 394 g/mol. The highest BCUT2D eigenvalue weighted by Gasteiger charge is 2.27. The van der Waals surface area contributed by atoms with Gasteiger partial charge in [0.25, 0.3) is 5.91 Å². The van der Waals surface area contributed by atoms with Crippen molar-refractivity contribution < 1.29 is 4.79 Å². The first kappa shape index (κ1) is 17.2. The van der Waals surface area contributed by atoms with Crippen LogP contribution in [0.3, 0.4) is 0 Å². The maximum Gasteiger partial charge on any atom is 0.275 e. The minimum absolute atomic E-state index is 0.0585. The second-order valence-corrected chi connectivity index (χ2v) is 7.24. The minimum atomic E-state index is -0.0585. The van der Waals surface area contributed by atoms with Gasteiger partial charge < -0.3 is 9.80 Å². The molecule has 1 N–H and O–H groups in total. The molecule has 24 heavy (non-hydrogen) atoms. The van der Waals surface area contributed by atoms with Crippen LogP contribution in [0.2, 0.25) is 5.02 Å². The number of carbonyl (C=O) groups excluding carboxylic acids is 1. The van der Waals surface area contributed by atoms with Gasteiger partial charge in [-0.15, -0.1) is 0 Å². The summed E-state index contributed by atoms with van der Waals surface area (Å²) >= 11 is 9.70. The number of H-pyrrole nitrogens is 1. The number of carbonyl (C=O) groups is 1. The summed E-state index contributed by atoms with van der Waals surface area (Å²) in [6.07, 6.45) is 1.73. The average molecular weight is 413 g/mol. The van der Waals surface area contributed by atoms with Crippen LogP contribution in [0.1, 0.15) is 35.9 Å². The number of amides is 1. The van der Waals surface area contributed by atoms with E-state index in [9.17, 15) is 4.79 Å². The Morgan fingerprint density at radius 3 is 2.62 bits per heavy atom. The Bertz CT molecular complexity index is 740. The Hall–Kier alpha value is -1.60. The molecule has 0 bridgehead atoms. The van der Waals surface area contributed by atoms with Crippen molar-refractivity contribution in [3.8, 4) is 0 Å². The lowest BCUT2D eigenvalue weighted by molar-refractivity contribution is 0.0739. The van der Waals surface area contributed by atoms with Crippen molar-refractivity contribution in [2.24, 2.45) is 0 Å². The zero-order valence-electron chi connectivity index (χ0n) is 13.6. The van der Waals surface area contributed by atoms with Crippen molar-refractivity contribution in [2.75, 3.05) is 31.1 Å². The van der Waals surface area contributed by atoms with E-state index in [0.717, 1.165) is 16.0 Å². The number of nitrogens with one attached hydrogen (secondary N) is 1. The third-order valence-corrected chi connectivity index (χ3v) is 5.22.